The van der Waals surface area contributed by atoms with E-state index in [9.17, 15) is 25.2 Å². The first kappa shape index (κ1) is 72.5. The highest BCUT2D eigenvalue weighted by molar-refractivity contribution is 5.80. The van der Waals surface area contributed by atoms with E-state index in [0.29, 0.717) is 19.3 Å². The molecule has 5 N–H and O–H groups in total. The molecule has 0 aliphatic carbocycles. The summed E-state index contributed by atoms with van der Waals surface area (Å²) in [5, 5.41) is 44.1. The van der Waals surface area contributed by atoms with Crippen LogP contribution in [0.15, 0.2) is 36.5 Å². The summed E-state index contributed by atoms with van der Waals surface area (Å²) in [5.74, 6) is -0.593. The first-order chi connectivity index (χ1) is 36.5. The molecule has 0 fully saturated rings. The van der Waals surface area contributed by atoms with Crippen molar-refractivity contribution < 1.29 is 25.2 Å². The van der Waals surface area contributed by atoms with Gasteiger partial charge in [-0.2, -0.15) is 0 Å². The third-order valence-corrected chi connectivity index (χ3v) is 15.8. The summed E-state index contributed by atoms with van der Waals surface area (Å²) in [6.07, 6.45) is 79.7. The molecule has 0 saturated carbocycles. The molecule has 6 heteroatoms. The fourth-order valence-electron chi connectivity index (χ4n) is 10.6. The normalized spacial score (nSPS) is 13.8. The minimum atomic E-state index is -1.29. The summed E-state index contributed by atoms with van der Waals surface area (Å²) in [7, 11) is 0. The van der Waals surface area contributed by atoms with Crippen molar-refractivity contribution in [1.29, 1.82) is 0 Å². The van der Waals surface area contributed by atoms with Gasteiger partial charge in [-0.25, -0.2) is 0 Å². The van der Waals surface area contributed by atoms with Gasteiger partial charge in [0.15, 0.2) is 0 Å². The molecule has 0 radical (unpaired) electrons. The zero-order valence-corrected chi connectivity index (χ0v) is 49.9. The van der Waals surface area contributed by atoms with Gasteiger partial charge in [0.1, 0.15) is 12.2 Å². The molecular formula is C68H131NO5. The first-order valence-electron chi connectivity index (χ1n) is 33.4. The van der Waals surface area contributed by atoms with Gasteiger partial charge < -0.3 is 25.7 Å². The maximum absolute atomic E-state index is 12.6. The number of aliphatic hydroxyl groups is 4. The number of allylic oxidation sites excluding steroid dienone is 6. The lowest BCUT2D eigenvalue weighted by Crippen LogP contribution is -2.53. The number of carbonyl (C=O) groups excluding carboxylic acids is 1. The molecule has 0 aliphatic heterocycles. The van der Waals surface area contributed by atoms with Gasteiger partial charge in [-0.15, -0.1) is 0 Å². The van der Waals surface area contributed by atoms with E-state index in [2.05, 4.69) is 55.6 Å². The molecule has 0 aromatic carbocycles. The Morgan fingerprint density at radius 3 is 0.851 bits per heavy atom. The average Bonchev–Trinajstić information content (AvgIpc) is 3.41. The van der Waals surface area contributed by atoms with Crippen LogP contribution in [0, 0.1) is 0 Å². The van der Waals surface area contributed by atoms with Crippen molar-refractivity contribution in [3.05, 3.63) is 36.5 Å². The van der Waals surface area contributed by atoms with Crippen LogP contribution in [0.1, 0.15) is 361 Å². The van der Waals surface area contributed by atoms with Gasteiger partial charge in [0.25, 0.3) is 0 Å². The van der Waals surface area contributed by atoms with E-state index in [-0.39, 0.29) is 0 Å². The van der Waals surface area contributed by atoms with Crippen molar-refractivity contribution in [2.45, 2.75) is 385 Å². The Bertz CT molecular complexity index is 1170. The van der Waals surface area contributed by atoms with Crippen LogP contribution < -0.4 is 5.32 Å². The van der Waals surface area contributed by atoms with E-state index in [1.54, 1.807) is 0 Å². The molecule has 4 unspecified atom stereocenters. The maximum Gasteiger partial charge on any atom is 0.249 e. The van der Waals surface area contributed by atoms with Crippen molar-refractivity contribution in [2.75, 3.05) is 6.61 Å². The molecule has 0 spiro atoms. The molecule has 0 bridgehead atoms. The Morgan fingerprint density at radius 1 is 0.324 bits per heavy atom. The van der Waals surface area contributed by atoms with Crippen LogP contribution in [0.25, 0.3) is 0 Å². The SMILES string of the molecule is CCCCCCCCCCCCCC/C=C\CCCCCCCCCCCCCC(O)C(=O)NC(CO)C(O)C(O)CCC/C=C/CC/C=C/CCCCCCCCCCCCCCCCCCCCCCCC. The molecule has 74 heavy (non-hydrogen) atoms. The molecule has 0 aromatic rings. The lowest BCUT2D eigenvalue weighted by atomic mass is 10.00. The van der Waals surface area contributed by atoms with E-state index in [1.165, 1.54) is 289 Å². The summed E-state index contributed by atoms with van der Waals surface area (Å²) in [4.78, 5) is 12.6. The van der Waals surface area contributed by atoms with E-state index < -0.39 is 36.9 Å². The Balaban J connectivity index is 3.62. The van der Waals surface area contributed by atoms with Gasteiger partial charge in [-0.3, -0.25) is 4.79 Å². The zero-order chi connectivity index (χ0) is 53.7. The fraction of sp³-hybridized carbons (Fsp3) is 0.897. The van der Waals surface area contributed by atoms with Gasteiger partial charge in [0.05, 0.1) is 18.8 Å². The lowest BCUT2D eigenvalue weighted by molar-refractivity contribution is -0.132. The topological polar surface area (TPSA) is 110 Å². The zero-order valence-electron chi connectivity index (χ0n) is 49.9. The quantitative estimate of drug-likeness (QED) is 0.0308. The summed E-state index contributed by atoms with van der Waals surface area (Å²) in [6.45, 7) is 4.09. The van der Waals surface area contributed by atoms with Crippen LogP contribution >= 0.6 is 0 Å². The number of rotatable bonds is 62. The Labute approximate surface area is 462 Å². The van der Waals surface area contributed by atoms with Gasteiger partial charge in [-0.1, -0.05) is 320 Å². The second kappa shape index (κ2) is 62.4. The molecule has 0 saturated heterocycles. The van der Waals surface area contributed by atoms with Crippen molar-refractivity contribution >= 4 is 5.91 Å². The summed E-state index contributed by atoms with van der Waals surface area (Å²) in [5.41, 5.74) is 0. The molecule has 1 amide bonds. The standard InChI is InChI=1S/C68H131NO5/c1-3-5-7-9-11-13-15-17-19-21-23-25-27-29-31-32-33-34-36-37-39-41-43-45-47-49-51-53-55-57-59-61-65(71)67(73)64(63-70)69-68(74)66(72)62-60-58-56-54-52-50-48-46-44-42-40-38-35-30-28-26-24-22-20-18-16-14-12-10-8-6-4-2/h30,35,45,47,53,55,64-67,70-73H,3-29,31-34,36-44,46,48-52,54,56-63H2,1-2H3,(H,69,74)/b35-30-,47-45+,55-53+. The van der Waals surface area contributed by atoms with Crippen molar-refractivity contribution in [3.63, 3.8) is 0 Å². The van der Waals surface area contributed by atoms with Crippen molar-refractivity contribution in [3.8, 4) is 0 Å². The monoisotopic (exact) mass is 1040 g/mol. The van der Waals surface area contributed by atoms with Crippen molar-refractivity contribution in [1.82, 2.24) is 5.32 Å². The van der Waals surface area contributed by atoms with E-state index in [4.69, 9.17) is 0 Å². The maximum atomic E-state index is 12.6. The summed E-state index contributed by atoms with van der Waals surface area (Å²) >= 11 is 0. The van der Waals surface area contributed by atoms with Gasteiger partial charge >= 0.3 is 0 Å². The van der Waals surface area contributed by atoms with E-state index in [1.807, 2.05) is 0 Å². The van der Waals surface area contributed by atoms with Crippen LogP contribution in [0.3, 0.4) is 0 Å². The molecule has 0 aliphatic rings. The Hall–Kier alpha value is -1.47. The third-order valence-electron chi connectivity index (χ3n) is 15.8. The summed E-state index contributed by atoms with van der Waals surface area (Å²) < 4.78 is 0. The van der Waals surface area contributed by atoms with Crippen LogP contribution in [0.5, 0.6) is 0 Å². The highest BCUT2D eigenvalue weighted by Gasteiger charge is 2.28. The number of unbranched alkanes of at least 4 members (excludes halogenated alkanes) is 47. The Morgan fingerprint density at radius 2 is 0.568 bits per heavy atom. The highest BCUT2D eigenvalue weighted by atomic mass is 16.3. The Kier molecular flexibility index (Phi) is 61.1. The number of hydrogen-bond acceptors (Lipinski definition) is 5. The number of nitrogens with one attached hydrogen (secondary N) is 1. The van der Waals surface area contributed by atoms with Crippen molar-refractivity contribution in [2.24, 2.45) is 0 Å². The predicted octanol–water partition coefficient (Wildman–Crippen LogP) is 20.3. The van der Waals surface area contributed by atoms with Crippen LogP contribution in [-0.4, -0.2) is 57.3 Å². The number of amides is 1. The number of carbonyl (C=O) groups is 1. The largest absolute Gasteiger partial charge is 0.394 e. The lowest BCUT2D eigenvalue weighted by Gasteiger charge is -2.27. The van der Waals surface area contributed by atoms with Crippen LogP contribution in [-0.2, 0) is 4.79 Å². The van der Waals surface area contributed by atoms with E-state index in [0.717, 1.165) is 38.5 Å². The molecule has 0 heterocycles. The van der Waals surface area contributed by atoms with Gasteiger partial charge in [0.2, 0.25) is 5.91 Å². The summed E-state index contributed by atoms with van der Waals surface area (Å²) in [6, 6.07) is -1.01. The second-order valence-electron chi connectivity index (χ2n) is 23.2. The molecule has 0 aromatic heterocycles. The third kappa shape index (κ3) is 55.3. The molecule has 6 nitrogen and oxygen atoms in total. The number of aliphatic hydroxyl groups excluding tert-OH is 4. The number of hydrogen-bond donors (Lipinski definition) is 5. The smallest absolute Gasteiger partial charge is 0.249 e. The van der Waals surface area contributed by atoms with Gasteiger partial charge in [0, 0.05) is 0 Å². The highest BCUT2D eigenvalue weighted by Crippen LogP contribution is 2.18. The van der Waals surface area contributed by atoms with Crippen LogP contribution in [0.2, 0.25) is 0 Å². The predicted molar refractivity (Wildman–Crippen MR) is 325 cm³/mol. The molecular weight excluding hydrogens is 911 g/mol. The average molecular weight is 1040 g/mol. The minimum Gasteiger partial charge on any atom is -0.394 e. The minimum absolute atomic E-state index is 0.360. The van der Waals surface area contributed by atoms with E-state index >= 15 is 0 Å². The molecule has 438 valence electrons. The second-order valence-corrected chi connectivity index (χ2v) is 23.2. The molecule has 0 rings (SSSR count). The first-order valence-corrected chi connectivity index (χ1v) is 33.4. The fourth-order valence-corrected chi connectivity index (χ4v) is 10.6. The molecule has 4 atom stereocenters. The van der Waals surface area contributed by atoms with Gasteiger partial charge in [-0.05, 0) is 77.0 Å². The van der Waals surface area contributed by atoms with Crippen LogP contribution in [0.4, 0.5) is 0 Å².